The molecular formula is C18H19N3O4. The Morgan fingerprint density at radius 2 is 1.80 bits per heavy atom. The van der Waals surface area contributed by atoms with E-state index in [1.165, 1.54) is 21.3 Å². The largest absolute Gasteiger partial charge is 0.493 e. The van der Waals surface area contributed by atoms with Crippen LogP contribution in [0.3, 0.4) is 0 Å². The minimum atomic E-state index is -0.293. The lowest BCUT2D eigenvalue weighted by molar-refractivity contribution is 0.0946. The van der Waals surface area contributed by atoms with Crippen LogP contribution in [0.1, 0.15) is 16.2 Å². The maximum atomic E-state index is 12.6. The molecule has 7 nitrogen and oxygen atoms in total. The van der Waals surface area contributed by atoms with E-state index < -0.39 is 0 Å². The molecule has 2 N–H and O–H groups in total. The highest BCUT2D eigenvalue weighted by Crippen LogP contribution is 2.39. The predicted molar refractivity (Wildman–Crippen MR) is 93.4 cm³/mol. The molecule has 0 aliphatic heterocycles. The number of hydrogen-bond donors (Lipinski definition) is 2. The van der Waals surface area contributed by atoms with E-state index >= 15 is 0 Å². The van der Waals surface area contributed by atoms with Gasteiger partial charge in [0.2, 0.25) is 5.75 Å². The molecule has 0 radical (unpaired) electrons. The molecule has 1 aromatic heterocycles. The zero-order valence-electron chi connectivity index (χ0n) is 14.3. The molecule has 0 aliphatic carbocycles. The van der Waals surface area contributed by atoms with Crippen LogP contribution in [0, 0.1) is 0 Å². The number of aromatic nitrogens is 2. The Kier molecular flexibility index (Phi) is 4.74. The van der Waals surface area contributed by atoms with Crippen LogP contribution >= 0.6 is 0 Å². The molecule has 130 valence electrons. The summed E-state index contributed by atoms with van der Waals surface area (Å²) in [5, 5.41) is 2.83. The van der Waals surface area contributed by atoms with Gasteiger partial charge in [-0.05, 0) is 24.3 Å². The maximum absolute atomic E-state index is 12.6. The minimum Gasteiger partial charge on any atom is -0.493 e. The lowest BCUT2D eigenvalue weighted by Gasteiger charge is -2.15. The van der Waals surface area contributed by atoms with Gasteiger partial charge in [-0.2, -0.15) is 0 Å². The number of para-hydroxylation sites is 2. The fourth-order valence-electron chi connectivity index (χ4n) is 2.63. The van der Waals surface area contributed by atoms with Crippen molar-refractivity contribution in [3.63, 3.8) is 0 Å². The summed E-state index contributed by atoms with van der Waals surface area (Å²) in [5.41, 5.74) is 2.14. The Morgan fingerprint density at radius 3 is 2.48 bits per heavy atom. The number of aromatic amines is 1. The third kappa shape index (κ3) is 3.21. The Balaban J connectivity index is 1.81. The van der Waals surface area contributed by atoms with Gasteiger partial charge >= 0.3 is 0 Å². The zero-order valence-corrected chi connectivity index (χ0v) is 14.3. The number of H-pyrrole nitrogens is 1. The van der Waals surface area contributed by atoms with Crippen LogP contribution in [-0.4, -0.2) is 37.2 Å². The molecule has 1 heterocycles. The van der Waals surface area contributed by atoms with Crippen LogP contribution in [-0.2, 0) is 6.54 Å². The third-order valence-electron chi connectivity index (χ3n) is 3.80. The van der Waals surface area contributed by atoms with Gasteiger partial charge in [-0.3, -0.25) is 4.79 Å². The molecule has 1 amide bonds. The van der Waals surface area contributed by atoms with Crippen molar-refractivity contribution in [2.45, 2.75) is 6.54 Å². The monoisotopic (exact) mass is 341 g/mol. The SMILES string of the molecule is COc1ccc(C(=O)NCc2nc3ccccc3[nH]2)c(OC)c1OC. The normalized spacial score (nSPS) is 10.5. The van der Waals surface area contributed by atoms with Gasteiger partial charge in [0, 0.05) is 0 Å². The quantitative estimate of drug-likeness (QED) is 0.719. The first kappa shape index (κ1) is 16.6. The topological polar surface area (TPSA) is 85.5 Å². The van der Waals surface area contributed by atoms with E-state index in [2.05, 4.69) is 15.3 Å². The standard InChI is InChI=1S/C18H19N3O4/c1-23-14-9-8-11(16(24-2)17(14)25-3)18(22)19-10-15-20-12-6-4-5-7-13(12)21-15/h4-9H,10H2,1-3H3,(H,19,22)(H,20,21). The zero-order chi connectivity index (χ0) is 17.8. The summed E-state index contributed by atoms with van der Waals surface area (Å²) in [5.74, 6) is 1.57. The van der Waals surface area contributed by atoms with Crippen LogP contribution in [0.2, 0.25) is 0 Å². The van der Waals surface area contributed by atoms with Crippen LogP contribution in [0.15, 0.2) is 36.4 Å². The van der Waals surface area contributed by atoms with Gasteiger partial charge < -0.3 is 24.5 Å². The molecule has 3 rings (SSSR count). The highest BCUT2D eigenvalue weighted by molar-refractivity contribution is 5.98. The summed E-state index contributed by atoms with van der Waals surface area (Å²) in [4.78, 5) is 20.2. The number of imidazole rings is 1. The number of fused-ring (bicyclic) bond motifs is 1. The Bertz CT molecular complexity index is 871. The Morgan fingerprint density at radius 1 is 1.04 bits per heavy atom. The second-order valence-corrected chi connectivity index (χ2v) is 5.27. The molecule has 0 unspecified atom stereocenters. The number of rotatable bonds is 6. The van der Waals surface area contributed by atoms with E-state index in [1.807, 2.05) is 24.3 Å². The van der Waals surface area contributed by atoms with Gasteiger partial charge in [0.25, 0.3) is 5.91 Å². The molecule has 3 aromatic rings. The first-order valence-corrected chi connectivity index (χ1v) is 7.68. The van der Waals surface area contributed by atoms with Crippen LogP contribution in [0.5, 0.6) is 17.2 Å². The van der Waals surface area contributed by atoms with Crippen LogP contribution < -0.4 is 19.5 Å². The van der Waals surface area contributed by atoms with Gasteiger partial charge in [0.1, 0.15) is 5.82 Å². The number of hydrogen-bond acceptors (Lipinski definition) is 5. The van der Waals surface area contributed by atoms with Crippen molar-refractivity contribution in [3.05, 3.63) is 47.8 Å². The maximum Gasteiger partial charge on any atom is 0.255 e. The molecule has 0 saturated carbocycles. The number of carbonyl (C=O) groups excluding carboxylic acids is 1. The van der Waals surface area contributed by atoms with E-state index in [1.54, 1.807) is 12.1 Å². The average molecular weight is 341 g/mol. The highest BCUT2D eigenvalue weighted by Gasteiger charge is 2.20. The highest BCUT2D eigenvalue weighted by atomic mass is 16.5. The molecule has 25 heavy (non-hydrogen) atoms. The summed E-state index contributed by atoms with van der Waals surface area (Å²) in [6.07, 6.45) is 0. The third-order valence-corrected chi connectivity index (χ3v) is 3.80. The number of carbonyl (C=O) groups is 1. The van der Waals surface area contributed by atoms with Gasteiger partial charge in [-0.1, -0.05) is 12.1 Å². The van der Waals surface area contributed by atoms with E-state index in [4.69, 9.17) is 14.2 Å². The summed E-state index contributed by atoms with van der Waals surface area (Å²) in [6, 6.07) is 11.0. The smallest absolute Gasteiger partial charge is 0.255 e. The number of methoxy groups -OCH3 is 3. The number of nitrogens with zero attached hydrogens (tertiary/aromatic N) is 1. The molecule has 0 saturated heterocycles. The van der Waals surface area contributed by atoms with Gasteiger partial charge in [-0.25, -0.2) is 4.98 Å². The molecule has 0 aliphatic rings. The number of ether oxygens (including phenoxy) is 3. The van der Waals surface area contributed by atoms with Crippen molar-refractivity contribution in [1.29, 1.82) is 0 Å². The summed E-state index contributed by atoms with van der Waals surface area (Å²) < 4.78 is 15.9. The Hall–Kier alpha value is -3.22. The van der Waals surface area contributed by atoms with Crippen molar-refractivity contribution in [2.75, 3.05) is 21.3 Å². The van der Waals surface area contributed by atoms with E-state index in [9.17, 15) is 4.79 Å². The first-order valence-electron chi connectivity index (χ1n) is 7.68. The van der Waals surface area contributed by atoms with E-state index in [0.717, 1.165) is 11.0 Å². The second-order valence-electron chi connectivity index (χ2n) is 5.27. The van der Waals surface area contributed by atoms with E-state index in [0.29, 0.717) is 28.6 Å². The first-order chi connectivity index (χ1) is 12.2. The summed E-state index contributed by atoms with van der Waals surface area (Å²) >= 11 is 0. The van der Waals surface area contributed by atoms with Crippen molar-refractivity contribution in [3.8, 4) is 17.2 Å². The summed E-state index contributed by atoms with van der Waals surface area (Å²) in [7, 11) is 4.50. The molecule has 0 bridgehead atoms. The number of amides is 1. The minimum absolute atomic E-state index is 0.269. The fraction of sp³-hybridized carbons (Fsp3) is 0.222. The molecule has 2 aromatic carbocycles. The lowest BCUT2D eigenvalue weighted by atomic mass is 10.1. The Labute approximate surface area is 144 Å². The average Bonchev–Trinajstić information content (AvgIpc) is 3.07. The lowest BCUT2D eigenvalue weighted by Crippen LogP contribution is -2.24. The van der Waals surface area contributed by atoms with Crippen molar-refractivity contribution < 1.29 is 19.0 Å². The van der Waals surface area contributed by atoms with Crippen molar-refractivity contribution >= 4 is 16.9 Å². The molecule has 0 atom stereocenters. The van der Waals surface area contributed by atoms with Crippen LogP contribution in [0.25, 0.3) is 11.0 Å². The predicted octanol–water partition coefficient (Wildman–Crippen LogP) is 2.52. The van der Waals surface area contributed by atoms with E-state index in [-0.39, 0.29) is 12.5 Å². The van der Waals surface area contributed by atoms with Crippen molar-refractivity contribution in [2.24, 2.45) is 0 Å². The van der Waals surface area contributed by atoms with Crippen molar-refractivity contribution in [1.82, 2.24) is 15.3 Å². The number of nitrogens with one attached hydrogen (secondary N) is 2. The summed E-state index contributed by atoms with van der Waals surface area (Å²) in [6.45, 7) is 0.269. The van der Waals surface area contributed by atoms with Gasteiger partial charge in [0.15, 0.2) is 11.5 Å². The molecule has 0 fully saturated rings. The van der Waals surface area contributed by atoms with Crippen LogP contribution in [0.4, 0.5) is 0 Å². The molecule has 7 heteroatoms. The van der Waals surface area contributed by atoms with Gasteiger partial charge in [0.05, 0.1) is 44.5 Å². The molecule has 0 spiro atoms. The molecular weight excluding hydrogens is 322 g/mol. The fourth-order valence-corrected chi connectivity index (χ4v) is 2.63. The number of benzene rings is 2. The second kappa shape index (κ2) is 7.12. The van der Waals surface area contributed by atoms with Gasteiger partial charge in [-0.15, -0.1) is 0 Å².